The van der Waals surface area contributed by atoms with Gasteiger partial charge in [0.2, 0.25) is 11.8 Å². The molecular formula is C13H20N4O2. The summed E-state index contributed by atoms with van der Waals surface area (Å²) in [6.07, 6.45) is 4.16. The number of hydrogen-bond acceptors (Lipinski definition) is 3. The standard InChI is InChI=1S/C13H20N4O2/c1-13(2)5-10(13)12(19)15-9-6-14-17(7-9)8-11(18)16(3)4/h6-7,10H,5,8H2,1-4H3,(H,15,19). The zero-order valence-electron chi connectivity index (χ0n) is 11.8. The van der Waals surface area contributed by atoms with Crippen molar-refractivity contribution in [2.24, 2.45) is 11.3 Å². The molecule has 1 saturated carbocycles. The van der Waals surface area contributed by atoms with Crippen molar-refractivity contribution in [3.05, 3.63) is 12.4 Å². The lowest BCUT2D eigenvalue weighted by atomic mass is 10.1. The number of hydrogen-bond donors (Lipinski definition) is 1. The first-order valence-corrected chi connectivity index (χ1v) is 6.33. The number of anilines is 1. The van der Waals surface area contributed by atoms with E-state index in [4.69, 9.17) is 0 Å². The molecule has 0 aliphatic heterocycles. The number of amides is 2. The Balaban J connectivity index is 1.91. The molecule has 0 saturated heterocycles. The van der Waals surface area contributed by atoms with Gasteiger partial charge >= 0.3 is 0 Å². The van der Waals surface area contributed by atoms with Crippen LogP contribution >= 0.6 is 0 Å². The van der Waals surface area contributed by atoms with E-state index in [1.54, 1.807) is 26.5 Å². The largest absolute Gasteiger partial charge is 0.347 e. The normalized spacial score (nSPS) is 19.9. The number of nitrogens with one attached hydrogen (secondary N) is 1. The topological polar surface area (TPSA) is 67.2 Å². The number of nitrogens with zero attached hydrogens (tertiary/aromatic N) is 3. The van der Waals surface area contributed by atoms with E-state index < -0.39 is 0 Å². The Labute approximate surface area is 112 Å². The number of carbonyl (C=O) groups excluding carboxylic acids is 2. The first kappa shape index (κ1) is 13.6. The minimum absolute atomic E-state index is 0.0310. The summed E-state index contributed by atoms with van der Waals surface area (Å²) in [7, 11) is 3.40. The quantitative estimate of drug-likeness (QED) is 0.880. The van der Waals surface area contributed by atoms with Crippen LogP contribution in [0.1, 0.15) is 20.3 Å². The lowest BCUT2D eigenvalue weighted by Crippen LogP contribution is -2.26. The van der Waals surface area contributed by atoms with Gasteiger partial charge in [0.1, 0.15) is 6.54 Å². The molecule has 6 nitrogen and oxygen atoms in total. The monoisotopic (exact) mass is 264 g/mol. The Hall–Kier alpha value is -1.85. The third kappa shape index (κ3) is 3.13. The summed E-state index contributed by atoms with van der Waals surface area (Å²) in [6, 6.07) is 0. The van der Waals surface area contributed by atoms with Gasteiger partial charge in [-0.05, 0) is 11.8 Å². The van der Waals surface area contributed by atoms with Gasteiger partial charge in [-0.3, -0.25) is 14.3 Å². The zero-order valence-corrected chi connectivity index (χ0v) is 11.8. The molecule has 1 N–H and O–H groups in total. The van der Waals surface area contributed by atoms with E-state index in [2.05, 4.69) is 24.3 Å². The average molecular weight is 264 g/mol. The number of carbonyl (C=O) groups is 2. The molecule has 1 aliphatic carbocycles. The number of rotatable bonds is 4. The van der Waals surface area contributed by atoms with E-state index in [1.807, 2.05) is 0 Å². The molecular weight excluding hydrogens is 244 g/mol. The minimum atomic E-state index is -0.0377. The van der Waals surface area contributed by atoms with Crippen molar-refractivity contribution in [2.45, 2.75) is 26.8 Å². The van der Waals surface area contributed by atoms with Crippen LogP contribution in [0.5, 0.6) is 0 Å². The molecule has 1 fully saturated rings. The molecule has 1 unspecified atom stereocenters. The molecule has 0 radical (unpaired) electrons. The predicted octanol–water partition coefficient (Wildman–Crippen LogP) is 0.956. The molecule has 1 aromatic heterocycles. The van der Waals surface area contributed by atoms with Gasteiger partial charge in [0.25, 0.3) is 0 Å². The van der Waals surface area contributed by atoms with Gasteiger partial charge in [0, 0.05) is 26.2 Å². The molecule has 2 amide bonds. The van der Waals surface area contributed by atoms with Crippen LogP contribution in [0.4, 0.5) is 5.69 Å². The summed E-state index contributed by atoms with van der Waals surface area (Å²) in [5, 5.41) is 6.90. The van der Waals surface area contributed by atoms with E-state index in [1.165, 1.54) is 9.58 Å². The van der Waals surface area contributed by atoms with Crippen molar-refractivity contribution in [2.75, 3.05) is 19.4 Å². The maximum atomic E-state index is 11.9. The highest BCUT2D eigenvalue weighted by Crippen LogP contribution is 2.51. The first-order valence-electron chi connectivity index (χ1n) is 6.33. The second-order valence-corrected chi connectivity index (χ2v) is 5.95. The second kappa shape index (κ2) is 4.68. The fourth-order valence-electron chi connectivity index (χ4n) is 1.94. The Kier molecular flexibility index (Phi) is 3.34. The summed E-state index contributed by atoms with van der Waals surface area (Å²) in [5.74, 6) is 0.0760. The van der Waals surface area contributed by atoms with Crippen LogP contribution in [-0.2, 0) is 16.1 Å². The molecule has 1 aromatic rings. The van der Waals surface area contributed by atoms with Gasteiger partial charge in [-0.2, -0.15) is 5.10 Å². The van der Waals surface area contributed by atoms with E-state index in [0.717, 1.165) is 6.42 Å². The van der Waals surface area contributed by atoms with Crippen LogP contribution < -0.4 is 5.32 Å². The maximum Gasteiger partial charge on any atom is 0.243 e. The smallest absolute Gasteiger partial charge is 0.243 e. The number of aromatic nitrogens is 2. The van der Waals surface area contributed by atoms with Gasteiger partial charge in [-0.1, -0.05) is 13.8 Å². The van der Waals surface area contributed by atoms with Crippen molar-refractivity contribution in [3.63, 3.8) is 0 Å². The average Bonchev–Trinajstić information content (AvgIpc) is 2.74. The van der Waals surface area contributed by atoms with Crippen LogP contribution in [-0.4, -0.2) is 40.6 Å². The van der Waals surface area contributed by atoms with Crippen LogP contribution in [0.3, 0.4) is 0 Å². The molecule has 6 heteroatoms. The molecule has 1 atom stereocenters. The Morgan fingerprint density at radius 3 is 2.68 bits per heavy atom. The van der Waals surface area contributed by atoms with Gasteiger partial charge < -0.3 is 10.2 Å². The Morgan fingerprint density at radius 2 is 2.16 bits per heavy atom. The molecule has 0 aromatic carbocycles. The van der Waals surface area contributed by atoms with E-state index in [-0.39, 0.29) is 29.7 Å². The fraction of sp³-hybridized carbons (Fsp3) is 0.615. The van der Waals surface area contributed by atoms with Gasteiger partial charge in [-0.15, -0.1) is 0 Å². The third-order valence-corrected chi connectivity index (χ3v) is 3.53. The molecule has 0 bridgehead atoms. The van der Waals surface area contributed by atoms with Crippen molar-refractivity contribution in [1.29, 1.82) is 0 Å². The van der Waals surface area contributed by atoms with Crippen molar-refractivity contribution in [1.82, 2.24) is 14.7 Å². The van der Waals surface area contributed by atoms with Gasteiger partial charge in [-0.25, -0.2) is 0 Å². The second-order valence-electron chi connectivity index (χ2n) is 5.95. The van der Waals surface area contributed by atoms with E-state index >= 15 is 0 Å². The number of likely N-dealkylation sites (N-methyl/N-ethyl adjacent to an activating group) is 1. The van der Waals surface area contributed by atoms with E-state index in [0.29, 0.717) is 5.69 Å². The molecule has 0 spiro atoms. The SMILES string of the molecule is CN(C)C(=O)Cn1cc(NC(=O)C2CC2(C)C)cn1. The zero-order chi connectivity index (χ0) is 14.2. The molecule has 19 heavy (non-hydrogen) atoms. The third-order valence-electron chi connectivity index (χ3n) is 3.53. The maximum absolute atomic E-state index is 11.9. The highest BCUT2D eigenvalue weighted by molar-refractivity contribution is 5.94. The predicted molar refractivity (Wildman–Crippen MR) is 71.4 cm³/mol. The van der Waals surface area contributed by atoms with Crippen molar-refractivity contribution < 1.29 is 9.59 Å². The van der Waals surface area contributed by atoms with E-state index in [9.17, 15) is 9.59 Å². The lowest BCUT2D eigenvalue weighted by molar-refractivity contribution is -0.129. The van der Waals surface area contributed by atoms with Gasteiger partial charge in [0.15, 0.2) is 0 Å². The molecule has 104 valence electrons. The minimum Gasteiger partial charge on any atom is -0.347 e. The molecule has 1 heterocycles. The highest BCUT2D eigenvalue weighted by Gasteiger charge is 2.50. The molecule has 1 aliphatic rings. The summed E-state index contributed by atoms with van der Waals surface area (Å²) in [6.45, 7) is 4.34. The summed E-state index contributed by atoms with van der Waals surface area (Å²) >= 11 is 0. The van der Waals surface area contributed by atoms with Crippen LogP contribution in [0, 0.1) is 11.3 Å². The van der Waals surface area contributed by atoms with Crippen molar-refractivity contribution in [3.8, 4) is 0 Å². The van der Waals surface area contributed by atoms with Crippen LogP contribution in [0.2, 0.25) is 0 Å². The molecule has 2 rings (SSSR count). The fourth-order valence-corrected chi connectivity index (χ4v) is 1.94. The van der Waals surface area contributed by atoms with Gasteiger partial charge in [0.05, 0.1) is 11.9 Å². The van der Waals surface area contributed by atoms with Crippen molar-refractivity contribution >= 4 is 17.5 Å². The van der Waals surface area contributed by atoms with Crippen LogP contribution in [0.15, 0.2) is 12.4 Å². The Bertz CT molecular complexity index is 504. The van der Waals surface area contributed by atoms with Crippen LogP contribution in [0.25, 0.3) is 0 Å². The Morgan fingerprint density at radius 1 is 1.53 bits per heavy atom. The summed E-state index contributed by atoms with van der Waals surface area (Å²) in [4.78, 5) is 24.9. The highest BCUT2D eigenvalue weighted by atomic mass is 16.2. The first-order chi connectivity index (χ1) is 8.79. The summed E-state index contributed by atoms with van der Waals surface area (Å²) < 4.78 is 1.52. The lowest BCUT2D eigenvalue weighted by Gasteiger charge is -2.09. The summed E-state index contributed by atoms with van der Waals surface area (Å²) in [5.41, 5.74) is 0.750.